The first-order chi connectivity index (χ1) is 11.0. The number of nitrogens with zero attached hydrogens (tertiary/aromatic N) is 1. The van der Waals surface area contributed by atoms with Crippen molar-refractivity contribution in [2.75, 3.05) is 13.1 Å². The molecule has 0 saturated carbocycles. The Morgan fingerprint density at radius 3 is 1.96 bits per heavy atom. The summed E-state index contributed by atoms with van der Waals surface area (Å²) in [5.41, 5.74) is 1.34. The van der Waals surface area contributed by atoms with Gasteiger partial charge in [0, 0.05) is 12.8 Å². The molecule has 1 aromatic rings. The van der Waals surface area contributed by atoms with Gasteiger partial charge in [-0.2, -0.15) is 0 Å². The zero-order valence-corrected chi connectivity index (χ0v) is 22.6. The molecule has 0 aromatic heterocycles. The first-order valence-corrected chi connectivity index (χ1v) is 30.8. The molecule has 0 amide bonds. The molecule has 2 rings (SSSR count). The summed E-state index contributed by atoms with van der Waals surface area (Å²) in [5, 5.41) is 1.65. The van der Waals surface area contributed by atoms with Crippen molar-refractivity contribution in [1.29, 1.82) is 0 Å². The van der Waals surface area contributed by atoms with E-state index < -0.39 is 17.2 Å². The van der Waals surface area contributed by atoms with Crippen LogP contribution in [-0.2, 0) is 0 Å². The molecular weight excluding hydrogens is 569 g/mol. The summed E-state index contributed by atoms with van der Waals surface area (Å²) in [6.07, 6.45) is 7.37. The summed E-state index contributed by atoms with van der Waals surface area (Å²) < 4.78 is 2.49. The Kier molecular flexibility index (Phi) is 8.23. The first kappa shape index (κ1) is 24.4. The van der Waals surface area contributed by atoms with Crippen LogP contribution in [-0.4, -0.2) is 41.1 Å². The van der Waals surface area contributed by atoms with Crippen molar-refractivity contribution in [2.24, 2.45) is 0 Å². The number of benzene rings is 1. The van der Waals surface area contributed by atoms with E-state index in [1.54, 1.807) is 5.20 Å². The zero-order valence-electron chi connectivity index (χ0n) is 14.5. The van der Waals surface area contributed by atoms with Gasteiger partial charge in [0.2, 0.25) is 0 Å². The van der Waals surface area contributed by atoms with Gasteiger partial charge in [-0.3, -0.25) is 0 Å². The van der Waals surface area contributed by atoms with Crippen molar-refractivity contribution in [3.05, 3.63) is 41.1 Å². The van der Waals surface area contributed by atoms with E-state index in [0.717, 1.165) is 6.54 Å². The Balaban J connectivity index is 0.000000381. The van der Waals surface area contributed by atoms with Gasteiger partial charge in [0.15, 0.2) is 6.54 Å². The molecule has 1 heterocycles. The van der Waals surface area contributed by atoms with Gasteiger partial charge in [0.1, 0.15) is 12.8 Å². The molecule has 0 N–H and O–H groups in total. The van der Waals surface area contributed by atoms with Crippen molar-refractivity contribution < 1.29 is 4.58 Å². The predicted octanol–water partition coefficient (Wildman–Crippen LogP) is 7.58. The van der Waals surface area contributed by atoms with Crippen LogP contribution in [0.1, 0.15) is 18.4 Å². The number of hydrogen-bond donors (Lipinski definition) is 0. The second-order valence-electron chi connectivity index (χ2n) is 7.08. The molecule has 9 heteroatoms. The van der Waals surface area contributed by atoms with Crippen LogP contribution in [0.3, 0.4) is 0 Å². The van der Waals surface area contributed by atoms with Gasteiger partial charge in [0.25, 0.3) is 0 Å². The van der Waals surface area contributed by atoms with Crippen LogP contribution in [0.4, 0.5) is 0 Å². The third-order valence-electron chi connectivity index (χ3n) is 3.51. The van der Waals surface area contributed by atoms with Gasteiger partial charge in [-0.1, -0.05) is 56.0 Å². The summed E-state index contributed by atoms with van der Waals surface area (Å²) in [7, 11) is 23.7. The second-order valence-corrected chi connectivity index (χ2v) is 69.1. The van der Waals surface area contributed by atoms with E-state index in [4.69, 9.17) is 53.0 Å². The van der Waals surface area contributed by atoms with Gasteiger partial charge >= 0.3 is 62.1 Å². The van der Waals surface area contributed by atoms with Crippen molar-refractivity contribution in [1.82, 2.24) is 0 Å². The van der Waals surface area contributed by atoms with E-state index in [9.17, 15) is 0 Å². The van der Waals surface area contributed by atoms with E-state index in [2.05, 4.69) is 66.8 Å². The van der Waals surface area contributed by atoms with Gasteiger partial charge in [-0.25, -0.2) is 4.58 Å². The Hall–Kier alpha value is 1.41. The fourth-order valence-electron chi connectivity index (χ4n) is 2.27. The standard InChI is InChI=1S/C16H24NSi.6ClH.Sb/c1-18(2,3)16(14-17-11-7-8-12-17)13-15-9-5-4-6-10-15;;;;;;;/h4-6,9-11,13H,7-8,12,14H2,1-3H3;6*1H;/q+1;;;;;;;+5/p-6/b16-13-;;;;;;;. The second kappa shape index (κ2) is 8.41. The Morgan fingerprint density at radius 2 is 1.56 bits per heavy atom. The molecule has 0 aliphatic carbocycles. The summed E-state index contributed by atoms with van der Waals surface area (Å²) in [6, 6.07) is 10.7. The average molecular weight is 593 g/mol. The molecule has 1 aliphatic heterocycles. The van der Waals surface area contributed by atoms with Crippen molar-refractivity contribution in [3.8, 4) is 0 Å². The maximum atomic E-state index is 5.06. The van der Waals surface area contributed by atoms with Gasteiger partial charge in [0.05, 0.1) is 8.07 Å². The van der Waals surface area contributed by atoms with Crippen LogP contribution < -0.4 is 0 Å². The molecule has 0 saturated heterocycles. The molecule has 1 aromatic carbocycles. The van der Waals surface area contributed by atoms with Crippen molar-refractivity contribution in [3.63, 3.8) is 0 Å². The molecule has 0 atom stereocenters. The van der Waals surface area contributed by atoms with Crippen LogP contribution in [0, 0.1) is 0 Å². The van der Waals surface area contributed by atoms with Crippen LogP contribution in [0.5, 0.6) is 0 Å². The summed E-state index contributed by atoms with van der Waals surface area (Å²) in [4.78, 5) is 0. The van der Waals surface area contributed by atoms with Gasteiger partial charge < -0.3 is 0 Å². The zero-order chi connectivity index (χ0) is 19.4. The molecule has 1 nitrogen and oxygen atoms in total. The quantitative estimate of drug-likeness (QED) is 0.250. The first-order valence-electron chi connectivity index (χ1n) is 7.90. The predicted molar refractivity (Wildman–Crippen MR) is 124 cm³/mol. The molecule has 25 heavy (non-hydrogen) atoms. The van der Waals surface area contributed by atoms with E-state index in [1.807, 2.05) is 0 Å². The van der Waals surface area contributed by atoms with Crippen LogP contribution >= 0.6 is 53.0 Å². The van der Waals surface area contributed by atoms with Crippen LogP contribution in [0.25, 0.3) is 6.08 Å². The molecular formula is C16H24Cl6NSbSi. The molecule has 0 unspecified atom stereocenters. The molecule has 144 valence electrons. The maximum absolute atomic E-state index is 5.42. The fraction of sp³-hybridized carbons (Fsp3) is 0.438. The summed E-state index contributed by atoms with van der Waals surface area (Å²) in [6.45, 7) is 9.69. The van der Waals surface area contributed by atoms with Gasteiger partial charge in [-0.15, -0.1) is 0 Å². The van der Waals surface area contributed by atoms with Gasteiger partial charge in [-0.05, 0) is 10.8 Å². The number of hydrogen-bond acceptors (Lipinski definition) is 0. The third kappa shape index (κ3) is 15.1. The molecule has 0 bridgehead atoms. The monoisotopic (exact) mass is 589 g/mol. The minimum atomic E-state index is -5.42. The fourth-order valence-corrected chi connectivity index (χ4v) is 3.55. The van der Waals surface area contributed by atoms with Crippen LogP contribution in [0.2, 0.25) is 19.6 Å². The Bertz CT molecular complexity index is 633. The summed E-state index contributed by atoms with van der Waals surface area (Å²) >= 11 is 0. The van der Waals surface area contributed by atoms with Crippen molar-refractivity contribution in [2.45, 2.75) is 32.5 Å². The van der Waals surface area contributed by atoms with Crippen molar-refractivity contribution >= 4 is 82.5 Å². The molecule has 0 spiro atoms. The van der Waals surface area contributed by atoms with Crippen LogP contribution in [0.15, 0.2) is 35.5 Å². The normalized spacial score (nSPS) is 18.6. The molecule has 0 fully saturated rings. The Morgan fingerprint density at radius 1 is 1.04 bits per heavy atom. The SMILES string of the molecule is C[Si](C)(C)/C(=C\c1ccccc1)C[N+]1=CCCC1.[Cl][Sb-]([Cl])([Cl])([Cl])([Cl])[Cl]. The third-order valence-corrected chi connectivity index (χ3v) is 5.74. The van der Waals surface area contributed by atoms with E-state index >= 15 is 0 Å². The Labute approximate surface area is 172 Å². The molecule has 0 radical (unpaired) electrons. The van der Waals surface area contributed by atoms with E-state index in [-0.39, 0.29) is 0 Å². The average Bonchev–Trinajstić information content (AvgIpc) is 2.87. The van der Waals surface area contributed by atoms with E-state index in [1.165, 1.54) is 24.9 Å². The summed E-state index contributed by atoms with van der Waals surface area (Å²) in [5.74, 6) is 0. The minimum absolute atomic E-state index is 1.13. The number of rotatable bonds is 4. The number of halogens is 6. The molecule has 1 aliphatic rings. The topological polar surface area (TPSA) is 3.01 Å². The van der Waals surface area contributed by atoms with E-state index in [0.29, 0.717) is 0 Å².